The van der Waals surface area contributed by atoms with Crippen molar-refractivity contribution in [3.8, 4) is 5.75 Å². The second-order valence-electron chi connectivity index (χ2n) is 5.44. The molecule has 0 bridgehead atoms. The minimum Gasteiger partial charge on any atom is -0.508 e. The van der Waals surface area contributed by atoms with Crippen LogP contribution in [-0.2, 0) is 11.2 Å². The van der Waals surface area contributed by atoms with Crippen molar-refractivity contribution in [1.29, 1.82) is 0 Å². The lowest BCUT2D eigenvalue weighted by atomic mass is 9.80. The molecule has 2 rings (SSSR count). The second-order valence-corrected chi connectivity index (χ2v) is 5.44. The summed E-state index contributed by atoms with van der Waals surface area (Å²) in [5.74, 6) is 0.569. The van der Waals surface area contributed by atoms with Crippen molar-refractivity contribution >= 4 is 5.91 Å². The summed E-state index contributed by atoms with van der Waals surface area (Å²) in [5.41, 5.74) is 6.58. The third kappa shape index (κ3) is 2.34. The SMILES string of the molecule is CC(C)C1(N)CN(C(=O)Cc2ccccc2O)C1. The first-order valence-corrected chi connectivity index (χ1v) is 6.26. The van der Waals surface area contributed by atoms with Gasteiger partial charge in [-0.25, -0.2) is 0 Å². The molecule has 1 saturated heterocycles. The van der Waals surface area contributed by atoms with Gasteiger partial charge in [0.1, 0.15) is 5.75 Å². The predicted molar refractivity (Wildman–Crippen MR) is 70.1 cm³/mol. The summed E-state index contributed by atoms with van der Waals surface area (Å²) in [7, 11) is 0. The van der Waals surface area contributed by atoms with Crippen LogP contribution in [0.15, 0.2) is 24.3 Å². The van der Waals surface area contributed by atoms with Gasteiger partial charge >= 0.3 is 0 Å². The van der Waals surface area contributed by atoms with Gasteiger partial charge in [-0.15, -0.1) is 0 Å². The maximum Gasteiger partial charge on any atom is 0.227 e. The number of phenols is 1. The number of nitrogens with two attached hydrogens (primary N) is 1. The highest BCUT2D eigenvalue weighted by Crippen LogP contribution is 2.27. The molecular formula is C14H20N2O2. The van der Waals surface area contributed by atoms with Crippen LogP contribution < -0.4 is 5.73 Å². The minimum atomic E-state index is -0.242. The van der Waals surface area contributed by atoms with E-state index < -0.39 is 0 Å². The molecule has 1 heterocycles. The van der Waals surface area contributed by atoms with Crippen molar-refractivity contribution in [2.45, 2.75) is 25.8 Å². The van der Waals surface area contributed by atoms with E-state index in [2.05, 4.69) is 13.8 Å². The molecule has 98 valence electrons. The fraction of sp³-hybridized carbons (Fsp3) is 0.500. The zero-order valence-corrected chi connectivity index (χ0v) is 10.9. The summed E-state index contributed by atoms with van der Waals surface area (Å²) >= 11 is 0. The van der Waals surface area contributed by atoms with Crippen LogP contribution in [0, 0.1) is 5.92 Å². The number of amides is 1. The third-order valence-corrected chi connectivity index (χ3v) is 3.81. The highest BCUT2D eigenvalue weighted by molar-refractivity contribution is 5.80. The van der Waals surface area contributed by atoms with Crippen LogP contribution in [0.4, 0.5) is 0 Å². The highest BCUT2D eigenvalue weighted by Gasteiger charge is 2.43. The van der Waals surface area contributed by atoms with Gasteiger partial charge in [-0.2, -0.15) is 0 Å². The lowest BCUT2D eigenvalue weighted by molar-refractivity contribution is -0.139. The largest absolute Gasteiger partial charge is 0.508 e. The van der Waals surface area contributed by atoms with E-state index in [0.29, 0.717) is 24.6 Å². The number of likely N-dealkylation sites (tertiary alicyclic amines) is 1. The number of phenolic OH excluding ortho intramolecular Hbond substituents is 1. The van der Waals surface area contributed by atoms with Crippen molar-refractivity contribution in [2.75, 3.05) is 13.1 Å². The van der Waals surface area contributed by atoms with E-state index in [4.69, 9.17) is 5.73 Å². The average Bonchev–Trinajstić information content (AvgIpc) is 2.27. The Morgan fingerprint density at radius 2 is 2.06 bits per heavy atom. The molecule has 1 aromatic carbocycles. The number of aromatic hydroxyl groups is 1. The van der Waals surface area contributed by atoms with Crippen molar-refractivity contribution in [3.05, 3.63) is 29.8 Å². The molecule has 18 heavy (non-hydrogen) atoms. The molecule has 0 spiro atoms. The van der Waals surface area contributed by atoms with E-state index in [0.717, 1.165) is 0 Å². The maximum absolute atomic E-state index is 12.0. The quantitative estimate of drug-likeness (QED) is 0.842. The van der Waals surface area contributed by atoms with Gasteiger partial charge in [-0.3, -0.25) is 4.79 Å². The zero-order chi connectivity index (χ0) is 13.3. The van der Waals surface area contributed by atoms with Gasteiger partial charge in [-0.1, -0.05) is 32.0 Å². The lowest BCUT2D eigenvalue weighted by Crippen LogP contribution is -2.71. The standard InChI is InChI=1S/C14H20N2O2/c1-10(2)14(15)8-16(9-14)13(18)7-11-5-3-4-6-12(11)17/h3-6,10,17H,7-9,15H2,1-2H3. The van der Waals surface area contributed by atoms with E-state index in [9.17, 15) is 9.90 Å². The molecule has 1 aliphatic heterocycles. The number of hydrogen-bond acceptors (Lipinski definition) is 3. The first-order chi connectivity index (χ1) is 8.42. The molecule has 1 amide bonds. The van der Waals surface area contributed by atoms with Gasteiger partial charge in [-0.05, 0) is 12.0 Å². The third-order valence-electron chi connectivity index (χ3n) is 3.81. The van der Waals surface area contributed by atoms with E-state index in [1.807, 2.05) is 6.07 Å². The van der Waals surface area contributed by atoms with Crippen molar-refractivity contribution < 1.29 is 9.90 Å². The zero-order valence-electron chi connectivity index (χ0n) is 10.9. The Morgan fingerprint density at radius 3 is 2.61 bits per heavy atom. The summed E-state index contributed by atoms with van der Waals surface area (Å²) in [6.07, 6.45) is 0.237. The summed E-state index contributed by atoms with van der Waals surface area (Å²) in [4.78, 5) is 13.8. The Hall–Kier alpha value is -1.55. The maximum atomic E-state index is 12.0. The molecule has 3 N–H and O–H groups in total. The molecular weight excluding hydrogens is 228 g/mol. The van der Waals surface area contributed by atoms with Crippen LogP contribution >= 0.6 is 0 Å². The van der Waals surface area contributed by atoms with Crippen LogP contribution in [0.3, 0.4) is 0 Å². The van der Waals surface area contributed by atoms with Gasteiger partial charge < -0.3 is 15.7 Å². The number of hydrogen-bond donors (Lipinski definition) is 2. The fourth-order valence-electron chi connectivity index (χ4n) is 2.14. The lowest BCUT2D eigenvalue weighted by Gasteiger charge is -2.50. The van der Waals surface area contributed by atoms with Gasteiger partial charge in [0.05, 0.1) is 12.0 Å². The number of carbonyl (C=O) groups excluding carboxylic acids is 1. The van der Waals surface area contributed by atoms with Gasteiger partial charge in [0.2, 0.25) is 5.91 Å². The minimum absolute atomic E-state index is 0.0261. The Balaban J connectivity index is 1.94. The molecule has 0 aromatic heterocycles. The smallest absolute Gasteiger partial charge is 0.227 e. The Kier molecular flexibility index (Phi) is 3.30. The van der Waals surface area contributed by atoms with Crippen molar-refractivity contribution in [3.63, 3.8) is 0 Å². The van der Waals surface area contributed by atoms with Crippen LogP contribution in [0.2, 0.25) is 0 Å². The number of para-hydroxylation sites is 1. The van der Waals surface area contributed by atoms with E-state index in [1.165, 1.54) is 0 Å². The second kappa shape index (κ2) is 4.61. The van der Waals surface area contributed by atoms with Gasteiger partial charge in [0, 0.05) is 18.7 Å². The fourth-order valence-corrected chi connectivity index (χ4v) is 2.14. The van der Waals surface area contributed by atoms with Gasteiger partial charge in [0.15, 0.2) is 0 Å². The Labute approximate surface area is 107 Å². The Bertz CT molecular complexity index is 451. The molecule has 0 unspecified atom stereocenters. The summed E-state index contributed by atoms with van der Waals surface area (Å²) in [5, 5.41) is 9.63. The number of benzene rings is 1. The summed E-state index contributed by atoms with van der Waals surface area (Å²) < 4.78 is 0. The van der Waals surface area contributed by atoms with Crippen LogP contribution in [-0.4, -0.2) is 34.5 Å². The van der Waals surface area contributed by atoms with Crippen molar-refractivity contribution in [1.82, 2.24) is 4.90 Å². The first-order valence-electron chi connectivity index (χ1n) is 6.26. The normalized spacial score (nSPS) is 17.7. The Morgan fingerprint density at radius 1 is 1.44 bits per heavy atom. The van der Waals surface area contributed by atoms with E-state index in [1.54, 1.807) is 23.1 Å². The summed E-state index contributed by atoms with van der Waals surface area (Å²) in [6.45, 7) is 5.36. The van der Waals surface area contributed by atoms with Crippen molar-refractivity contribution in [2.24, 2.45) is 11.7 Å². The molecule has 4 nitrogen and oxygen atoms in total. The highest BCUT2D eigenvalue weighted by atomic mass is 16.3. The summed E-state index contributed by atoms with van der Waals surface area (Å²) in [6, 6.07) is 6.93. The molecule has 0 saturated carbocycles. The molecule has 1 aliphatic rings. The molecule has 1 fully saturated rings. The number of carbonyl (C=O) groups is 1. The predicted octanol–water partition coefficient (Wildman–Crippen LogP) is 1.13. The van der Waals surface area contributed by atoms with E-state index in [-0.39, 0.29) is 23.6 Å². The average molecular weight is 248 g/mol. The topological polar surface area (TPSA) is 66.6 Å². The number of rotatable bonds is 3. The number of nitrogens with zero attached hydrogens (tertiary/aromatic N) is 1. The molecule has 0 aliphatic carbocycles. The van der Waals surface area contributed by atoms with Gasteiger partial charge in [0.25, 0.3) is 0 Å². The van der Waals surface area contributed by atoms with E-state index >= 15 is 0 Å². The molecule has 0 atom stereocenters. The van der Waals surface area contributed by atoms with Crippen LogP contribution in [0.5, 0.6) is 5.75 Å². The van der Waals surface area contributed by atoms with Crippen LogP contribution in [0.25, 0.3) is 0 Å². The molecule has 0 radical (unpaired) electrons. The van der Waals surface area contributed by atoms with Crippen LogP contribution in [0.1, 0.15) is 19.4 Å². The molecule has 1 aromatic rings. The molecule has 4 heteroatoms. The first kappa shape index (κ1) is 12.9. The monoisotopic (exact) mass is 248 g/mol.